The Hall–Kier alpha value is -2.27. The number of amides is 1. The van der Waals surface area contributed by atoms with Crippen LogP contribution in [0.25, 0.3) is 0 Å². The molecule has 23 heavy (non-hydrogen) atoms. The molecular formula is C17H17ClFNO3. The van der Waals surface area contributed by atoms with Crippen LogP contribution in [0.1, 0.15) is 17.3 Å². The van der Waals surface area contributed by atoms with E-state index in [1.54, 1.807) is 18.2 Å². The predicted molar refractivity (Wildman–Crippen MR) is 86.8 cm³/mol. The minimum atomic E-state index is -0.321. The Morgan fingerprint density at radius 2 is 1.91 bits per heavy atom. The molecule has 0 bridgehead atoms. The van der Waals surface area contributed by atoms with Crippen molar-refractivity contribution in [3.63, 3.8) is 0 Å². The highest BCUT2D eigenvalue weighted by Gasteiger charge is 2.09. The van der Waals surface area contributed by atoms with Crippen molar-refractivity contribution in [1.82, 2.24) is 5.32 Å². The fraction of sp³-hybridized carbons (Fsp3) is 0.235. The van der Waals surface area contributed by atoms with Gasteiger partial charge in [0.25, 0.3) is 5.91 Å². The van der Waals surface area contributed by atoms with E-state index >= 15 is 0 Å². The Morgan fingerprint density at radius 1 is 1.17 bits per heavy atom. The van der Waals surface area contributed by atoms with E-state index in [1.807, 2.05) is 6.92 Å². The minimum absolute atomic E-state index is 0.252. The van der Waals surface area contributed by atoms with Gasteiger partial charge in [-0.05, 0) is 49.4 Å². The lowest BCUT2D eigenvalue weighted by Crippen LogP contribution is -2.28. The minimum Gasteiger partial charge on any atom is -0.492 e. The van der Waals surface area contributed by atoms with Gasteiger partial charge in [-0.1, -0.05) is 11.6 Å². The van der Waals surface area contributed by atoms with Gasteiger partial charge in [0.05, 0.1) is 18.2 Å². The number of benzene rings is 2. The zero-order valence-electron chi connectivity index (χ0n) is 12.6. The van der Waals surface area contributed by atoms with Crippen molar-refractivity contribution in [3.05, 3.63) is 58.9 Å². The molecule has 2 aromatic rings. The van der Waals surface area contributed by atoms with E-state index in [4.69, 9.17) is 21.1 Å². The van der Waals surface area contributed by atoms with Crippen LogP contribution >= 0.6 is 11.6 Å². The molecule has 0 aliphatic heterocycles. The van der Waals surface area contributed by atoms with E-state index in [2.05, 4.69) is 5.32 Å². The summed E-state index contributed by atoms with van der Waals surface area (Å²) < 4.78 is 23.5. The second-order valence-electron chi connectivity index (χ2n) is 4.64. The summed E-state index contributed by atoms with van der Waals surface area (Å²) in [6.45, 7) is 2.97. The van der Waals surface area contributed by atoms with Crippen molar-refractivity contribution in [2.75, 3.05) is 19.8 Å². The number of hydrogen-bond acceptors (Lipinski definition) is 3. The first kappa shape index (κ1) is 17.1. The molecule has 0 unspecified atom stereocenters. The summed E-state index contributed by atoms with van der Waals surface area (Å²) in [6, 6.07) is 10.6. The van der Waals surface area contributed by atoms with Gasteiger partial charge in [-0.2, -0.15) is 0 Å². The van der Waals surface area contributed by atoms with Gasteiger partial charge in [-0.3, -0.25) is 4.79 Å². The number of carbonyl (C=O) groups excluding carboxylic acids is 1. The molecule has 0 spiro atoms. The Balaban J connectivity index is 1.80. The molecule has 4 nitrogen and oxygen atoms in total. The van der Waals surface area contributed by atoms with Crippen LogP contribution < -0.4 is 14.8 Å². The van der Waals surface area contributed by atoms with E-state index in [0.717, 1.165) is 0 Å². The molecule has 0 saturated heterocycles. The van der Waals surface area contributed by atoms with Gasteiger partial charge >= 0.3 is 0 Å². The van der Waals surface area contributed by atoms with Crippen LogP contribution in [0.3, 0.4) is 0 Å². The van der Waals surface area contributed by atoms with E-state index in [1.165, 1.54) is 24.3 Å². The summed E-state index contributed by atoms with van der Waals surface area (Å²) in [5.74, 6) is 0.519. The van der Waals surface area contributed by atoms with Crippen LogP contribution in [-0.2, 0) is 0 Å². The van der Waals surface area contributed by atoms with Crippen LogP contribution in [-0.4, -0.2) is 25.7 Å². The smallest absolute Gasteiger partial charge is 0.251 e. The number of rotatable bonds is 7. The monoisotopic (exact) mass is 337 g/mol. The highest BCUT2D eigenvalue weighted by Crippen LogP contribution is 2.25. The molecule has 0 saturated carbocycles. The average Bonchev–Trinajstić information content (AvgIpc) is 2.55. The molecule has 0 radical (unpaired) electrons. The first-order valence-electron chi connectivity index (χ1n) is 7.19. The SMILES string of the molecule is CCOc1ccc(C(=O)NCCOc2ccc(F)cc2)cc1Cl. The fourth-order valence-corrected chi connectivity index (χ4v) is 2.12. The van der Waals surface area contributed by atoms with E-state index in [0.29, 0.717) is 35.2 Å². The van der Waals surface area contributed by atoms with Gasteiger partial charge in [-0.25, -0.2) is 4.39 Å². The van der Waals surface area contributed by atoms with Gasteiger partial charge in [-0.15, -0.1) is 0 Å². The van der Waals surface area contributed by atoms with Gasteiger partial charge in [0.1, 0.15) is 23.9 Å². The molecule has 0 heterocycles. The highest BCUT2D eigenvalue weighted by molar-refractivity contribution is 6.32. The van der Waals surface area contributed by atoms with Crippen molar-refractivity contribution < 1.29 is 18.7 Å². The van der Waals surface area contributed by atoms with Crippen molar-refractivity contribution in [1.29, 1.82) is 0 Å². The van der Waals surface area contributed by atoms with Crippen LogP contribution in [0.2, 0.25) is 5.02 Å². The van der Waals surface area contributed by atoms with Gasteiger partial charge in [0.2, 0.25) is 0 Å². The van der Waals surface area contributed by atoms with E-state index in [-0.39, 0.29) is 18.3 Å². The van der Waals surface area contributed by atoms with Gasteiger partial charge in [0.15, 0.2) is 0 Å². The van der Waals surface area contributed by atoms with Crippen LogP contribution in [0.5, 0.6) is 11.5 Å². The summed E-state index contributed by atoms with van der Waals surface area (Å²) >= 11 is 6.05. The molecule has 1 amide bonds. The normalized spacial score (nSPS) is 10.2. The summed E-state index contributed by atoms with van der Waals surface area (Å²) in [7, 11) is 0. The zero-order chi connectivity index (χ0) is 16.7. The third-order valence-corrected chi connectivity index (χ3v) is 3.26. The predicted octanol–water partition coefficient (Wildman–Crippen LogP) is 3.69. The summed E-state index contributed by atoms with van der Waals surface area (Å²) in [6.07, 6.45) is 0. The molecule has 0 atom stereocenters. The number of hydrogen-bond donors (Lipinski definition) is 1. The zero-order valence-corrected chi connectivity index (χ0v) is 13.4. The maximum Gasteiger partial charge on any atom is 0.251 e. The Labute approximate surface area is 139 Å². The second kappa shape index (κ2) is 8.39. The van der Waals surface area contributed by atoms with Crippen molar-refractivity contribution in [3.8, 4) is 11.5 Å². The van der Waals surface area contributed by atoms with Crippen LogP contribution in [0.4, 0.5) is 4.39 Å². The lowest BCUT2D eigenvalue weighted by Gasteiger charge is -2.09. The molecule has 122 valence electrons. The third kappa shape index (κ3) is 5.14. The molecule has 2 rings (SSSR count). The Kier molecular flexibility index (Phi) is 6.23. The quantitative estimate of drug-likeness (QED) is 0.784. The van der Waals surface area contributed by atoms with Crippen LogP contribution in [0.15, 0.2) is 42.5 Å². The number of ether oxygens (including phenoxy) is 2. The molecular weight excluding hydrogens is 321 g/mol. The number of halogens is 2. The standard InChI is InChI=1S/C17H17ClFNO3/c1-2-22-16-8-3-12(11-15(16)18)17(21)20-9-10-23-14-6-4-13(19)5-7-14/h3-8,11H,2,9-10H2,1H3,(H,20,21). The van der Waals surface area contributed by atoms with E-state index in [9.17, 15) is 9.18 Å². The van der Waals surface area contributed by atoms with Crippen molar-refractivity contribution in [2.24, 2.45) is 0 Å². The largest absolute Gasteiger partial charge is 0.492 e. The fourth-order valence-electron chi connectivity index (χ4n) is 1.88. The van der Waals surface area contributed by atoms with E-state index < -0.39 is 0 Å². The summed E-state index contributed by atoms with van der Waals surface area (Å²) in [4.78, 5) is 12.0. The van der Waals surface area contributed by atoms with Crippen molar-refractivity contribution in [2.45, 2.75) is 6.92 Å². The maximum absolute atomic E-state index is 12.7. The van der Waals surface area contributed by atoms with Crippen LogP contribution in [0, 0.1) is 5.82 Å². The molecule has 0 aliphatic carbocycles. The first-order valence-corrected chi connectivity index (χ1v) is 7.57. The Bertz CT molecular complexity index is 661. The first-order chi connectivity index (χ1) is 11.1. The average molecular weight is 338 g/mol. The summed E-state index contributed by atoms with van der Waals surface area (Å²) in [5.41, 5.74) is 0.445. The maximum atomic E-state index is 12.7. The molecule has 2 aromatic carbocycles. The molecule has 0 aliphatic rings. The topological polar surface area (TPSA) is 47.6 Å². The number of carbonyl (C=O) groups is 1. The third-order valence-electron chi connectivity index (χ3n) is 2.96. The molecule has 0 aromatic heterocycles. The Morgan fingerprint density at radius 3 is 2.57 bits per heavy atom. The van der Waals surface area contributed by atoms with Gasteiger partial charge < -0.3 is 14.8 Å². The lowest BCUT2D eigenvalue weighted by atomic mass is 10.2. The number of nitrogens with one attached hydrogen (secondary N) is 1. The van der Waals surface area contributed by atoms with Gasteiger partial charge in [0, 0.05) is 5.56 Å². The highest BCUT2D eigenvalue weighted by atomic mass is 35.5. The molecule has 1 N–H and O–H groups in total. The second-order valence-corrected chi connectivity index (χ2v) is 5.04. The molecule has 6 heteroatoms. The van der Waals surface area contributed by atoms with Crippen molar-refractivity contribution >= 4 is 17.5 Å². The lowest BCUT2D eigenvalue weighted by molar-refractivity contribution is 0.0947. The summed E-state index contributed by atoms with van der Waals surface area (Å²) in [5, 5.41) is 3.11. The molecule has 0 fully saturated rings.